The second-order valence-corrected chi connectivity index (χ2v) is 8.29. The molecule has 0 aliphatic carbocycles. The van der Waals surface area contributed by atoms with Crippen molar-refractivity contribution in [2.24, 2.45) is 0 Å². The van der Waals surface area contributed by atoms with Crippen molar-refractivity contribution >= 4 is 23.6 Å². The summed E-state index contributed by atoms with van der Waals surface area (Å²) in [5.74, 6) is -1.94. The zero-order valence-electron chi connectivity index (χ0n) is 19.0. The lowest BCUT2D eigenvalue weighted by Crippen LogP contribution is -2.54. The monoisotopic (exact) mass is 474 g/mol. The van der Waals surface area contributed by atoms with Gasteiger partial charge in [-0.3, -0.25) is 34.3 Å². The van der Waals surface area contributed by atoms with E-state index in [9.17, 15) is 19.2 Å². The molecule has 1 atom stereocenters. The van der Waals surface area contributed by atoms with E-state index >= 15 is 0 Å². The number of fused-ring (bicyclic) bond motifs is 1. The van der Waals surface area contributed by atoms with Crippen LogP contribution in [0.1, 0.15) is 33.6 Å². The van der Waals surface area contributed by atoms with E-state index in [0.29, 0.717) is 26.4 Å². The van der Waals surface area contributed by atoms with Gasteiger partial charge in [-0.05, 0) is 18.6 Å². The van der Waals surface area contributed by atoms with E-state index in [2.05, 4.69) is 15.5 Å². The van der Waals surface area contributed by atoms with Crippen LogP contribution in [-0.2, 0) is 19.1 Å². The van der Waals surface area contributed by atoms with E-state index in [0.717, 1.165) is 37.6 Å². The number of nitrogens with one attached hydrogen (secondary N) is 2. The summed E-state index contributed by atoms with van der Waals surface area (Å²) in [5.41, 5.74) is 0.319. The van der Waals surface area contributed by atoms with Crippen LogP contribution in [0, 0.1) is 0 Å². The quantitative estimate of drug-likeness (QED) is 0.319. The molecule has 1 aromatic carbocycles. The Balaban J connectivity index is 1.20. The maximum atomic E-state index is 13.0. The first-order chi connectivity index (χ1) is 16.6. The minimum absolute atomic E-state index is 0.0734. The molecule has 3 aliphatic rings. The van der Waals surface area contributed by atoms with E-state index < -0.39 is 29.7 Å². The standard InChI is InChI=1S/C23H30N4O7/c28-19-5-4-17(21(29)25-19)27-22(30)16-2-1-3-18(20(16)23(27)31)34-15-14-33-13-12-32-11-10-26-8-6-24-7-9-26/h1-3,17,24H,4-15H2,(H,25,28,29). The molecule has 34 heavy (non-hydrogen) atoms. The Hall–Kier alpha value is -2.86. The number of imide groups is 2. The second kappa shape index (κ2) is 11.5. The van der Waals surface area contributed by atoms with Crippen molar-refractivity contribution in [1.29, 1.82) is 0 Å². The van der Waals surface area contributed by atoms with Crippen molar-refractivity contribution in [2.75, 3.05) is 65.8 Å². The molecule has 4 amide bonds. The lowest BCUT2D eigenvalue weighted by molar-refractivity contribution is -0.136. The Morgan fingerprint density at radius 2 is 1.65 bits per heavy atom. The summed E-state index contributed by atoms with van der Waals surface area (Å²) in [5, 5.41) is 5.50. The number of piperazine rings is 1. The number of benzene rings is 1. The van der Waals surface area contributed by atoms with Crippen LogP contribution in [0.4, 0.5) is 0 Å². The van der Waals surface area contributed by atoms with Crippen LogP contribution in [0.3, 0.4) is 0 Å². The summed E-state index contributed by atoms with van der Waals surface area (Å²) in [6.45, 7) is 7.09. The lowest BCUT2D eigenvalue weighted by Gasteiger charge is -2.27. The minimum Gasteiger partial charge on any atom is -0.490 e. The highest BCUT2D eigenvalue weighted by Crippen LogP contribution is 2.33. The third-order valence-electron chi connectivity index (χ3n) is 6.05. The largest absolute Gasteiger partial charge is 0.490 e. The summed E-state index contributed by atoms with van der Waals surface area (Å²) in [6, 6.07) is 3.76. The Bertz CT molecular complexity index is 932. The minimum atomic E-state index is -1.01. The Morgan fingerprint density at radius 1 is 0.912 bits per heavy atom. The number of carbonyl (C=O) groups excluding carboxylic acids is 4. The molecule has 0 radical (unpaired) electrons. The average molecular weight is 475 g/mol. The van der Waals surface area contributed by atoms with Gasteiger partial charge in [-0.1, -0.05) is 6.07 Å². The number of hydrogen-bond donors (Lipinski definition) is 2. The summed E-state index contributed by atoms with van der Waals surface area (Å²) in [4.78, 5) is 52.7. The summed E-state index contributed by atoms with van der Waals surface area (Å²) in [6.07, 6.45) is 0.182. The predicted molar refractivity (Wildman–Crippen MR) is 120 cm³/mol. The van der Waals surface area contributed by atoms with Crippen LogP contribution in [0.5, 0.6) is 5.75 Å². The number of carbonyl (C=O) groups is 4. The molecule has 1 aromatic rings. The van der Waals surface area contributed by atoms with Gasteiger partial charge in [0.2, 0.25) is 11.8 Å². The van der Waals surface area contributed by atoms with Gasteiger partial charge in [-0.15, -0.1) is 0 Å². The van der Waals surface area contributed by atoms with E-state index in [-0.39, 0.29) is 36.3 Å². The first kappa shape index (κ1) is 24.3. The van der Waals surface area contributed by atoms with Crippen LogP contribution in [-0.4, -0.2) is 105 Å². The fraction of sp³-hybridized carbons (Fsp3) is 0.565. The van der Waals surface area contributed by atoms with Gasteiger partial charge >= 0.3 is 0 Å². The Labute approximate surface area is 197 Å². The fourth-order valence-electron chi connectivity index (χ4n) is 4.27. The third-order valence-corrected chi connectivity index (χ3v) is 6.05. The SMILES string of the molecule is O=C1CCC(N2C(=O)c3cccc(OCCOCCOCCN4CCNCC4)c3C2=O)C(=O)N1. The van der Waals surface area contributed by atoms with Crippen LogP contribution >= 0.6 is 0 Å². The molecule has 2 N–H and O–H groups in total. The highest BCUT2D eigenvalue weighted by atomic mass is 16.5. The maximum Gasteiger partial charge on any atom is 0.266 e. The number of piperidine rings is 1. The zero-order chi connectivity index (χ0) is 23.9. The van der Waals surface area contributed by atoms with E-state index in [1.807, 2.05) is 0 Å². The van der Waals surface area contributed by atoms with Crippen molar-refractivity contribution in [1.82, 2.24) is 20.4 Å². The third kappa shape index (κ3) is 5.61. The number of rotatable bonds is 11. The van der Waals surface area contributed by atoms with Crippen molar-refractivity contribution in [3.8, 4) is 5.75 Å². The van der Waals surface area contributed by atoms with E-state index in [4.69, 9.17) is 14.2 Å². The Morgan fingerprint density at radius 3 is 2.41 bits per heavy atom. The maximum absolute atomic E-state index is 13.0. The average Bonchev–Trinajstić information content (AvgIpc) is 3.09. The molecule has 0 spiro atoms. The van der Waals surface area contributed by atoms with E-state index in [1.165, 1.54) is 6.07 Å². The smallest absolute Gasteiger partial charge is 0.266 e. The molecule has 4 rings (SSSR count). The second-order valence-electron chi connectivity index (χ2n) is 8.29. The van der Waals surface area contributed by atoms with Crippen LogP contribution in [0.2, 0.25) is 0 Å². The van der Waals surface area contributed by atoms with Crippen LogP contribution < -0.4 is 15.4 Å². The molecule has 1 unspecified atom stereocenters. The first-order valence-electron chi connectivity index (χ1n) is 11.6. The molecule has 11 heteroatoms. The van der Waals surface area contributed by atoms with Crippen LogP contribution in [0.25, 0.3) is 0 Å². The number of nitrogens with zero attached hydrogens (tertiary/aromatic N) is 2. The zero-order valence-corrected chi connectivity index (χ0v) is 19.0. The molecule has 0 bridgehead atoms. The van der Waals surface area contributed by atoms with Crippen molar-refractivity contribution < 1.29 is 33.4 Å². The summed E-state index contributed by atoms with van der Waals surface area (Å²) >= 11 is 0. The van der Waals surface area contributed by atoms with Crippen molar-refractivity contribution in [2.45, 2.75) is 18.9 Å². The molecule has 11 nitrogen and oxygen atoms in total. The van der Waals surface area contributed by atoms with Gasteiger partial charge in [0, 0.05) is 39.1 Å². The highest BCUT2D eigenvalue weighted by molar-refractivity contribution is 6.24. The molecule has 0 aromatic heterocycles. The molecule has 184 valence electrons. The number of ether oxygens (including phenoxy) is 3. The summed E-state index contributed by atoms with van der Waals surface area (Å²) < 4.78 is 16.9. The van der Waals surface area contributed by atoms with Gasteiger partial charge in [0.15, 0.2) is 0 Å². The van der Waals surface area contributed by atoms with Crippen molar-refractivity contribution in [3.63, 3.8) is 0 Å². The van der Waals surface area contributed by atoms with Crippen molar-refractivity contribution in [3.05, 3.63) is 29.3 Å². The molecule has 2 fully saturated rings. The molecular weight excluding hydrogens is 444 g/mol. The predicted octanol–water partition coefficient (Wildman–Crippen LogP) is -0.595. The molecular formula is C23H30N4O7. The van der Waals surface area contributed by atoms with E-state index in [1.54, 1.807) is 12.1 Å². The first-order valence-corrected chi connectivity index (χ1v) is 11.6. The van der Waals surface area contributed by atoms with Gasteiger partial charge in [0.05, 0.1) is 37.6 Å². The number of hydrogen-bond acceptors (Lipinski definition) is 9. The summed E-state index contributed by atoms with van der Waals surface area (Å²) in [7, 11) is 0. The number of amides is 4. The normalized spacial score (nSPS) is 21.1. The molecule has 3 heterocycles. The highest BCUT2D eigenvalue weighted by Gasteiger charge is 2.45. The van der Waals surface area contributed by atoms with Crippen LogP contribution in [0.15, 0.2) is 18.2 Å². The Kier molecular flexibility index (Phi) is 8.22. The van der Waals surface area contributed by atoms with Gasteiger partial charge in [0.1, 0.15) is 18.4 Å². The molecule has 0 saturated carbocycles. The van der Waals surface area contributed by atoms with Gasteiger partial charge in [0.25, 0.3) is 11.8 Å². The fourth-order valence-corrected chi connectivity index (χ4v) is 4.27. The topological polar surface area (TPSA) is 127 Å². The lowest BCUT2D eigenvalue weighted by atomic mass is 10.0. The van der Waals surface area contributed by atoms with Gasteiger partial charge < -0.3 is 19.5 Å². The molecule has 3 aliphatic heterocycles. The van der Waals surface area contributed by atoms with Gasteiger partial charge in [-0.25, -0.2) is 0 Å². The molecule has 2 saturated heterocycles. The van der Waals surface area contributed by atoms with Gasteiger partial charge in [-0.2, -0.15) is 0 Å².